The van der Waals surface area contributed by atoms with Crippen molar-refractivity contribution in [2.45, 2.75) is 38.8 Å². The zero-order valence-electron chi connectivity index (χ0n) is 11.5. The molecule has 2 atom stereocenters. The lowest BCUT2D eigenvalue weighted by Crippen LogP contribution is -2.39. The second-order valence-electron chi connectivity index (χ2n) is 4.79. The number of hydrogen-bond donors (Lipinski definition) is 2. The molecule has 5 nitrogen and oxygen atoms in total. The molecule has 0 aromatic carbocycles. The number of pyridine rings is 1. The lowest BCUT2D eigenvalue weighted by atomic mass is 10.1. The van der Waals surface area contributed by atoms with Crippen molar-refractivity contribution >= 4 is 11.6 Å². The van der Waals surface area contributed by atoms with Gasteiger partial charge >= 0.3 is 0 Å². The molecule has 2 unspecified atom stereocenters. The number of rotatable bonds is 5. The third-order valence-corrected chi connectivity index (χ3v) is 3.32. The molecule has 0 saturated carbocycles. The fraction of sp³-hybridized carbons (Fsp3) is 0.571. The molecule has 2 N–H and O–H groups in total. The molecule has 1 saturated heterocycles. The van der Waals surface area contributed by atoms with Gasteiger partial charge in [-0.3, -0.25) is 9.78 Å². The predicted molar refractivity (Wildman–Crippen MR) is 74.3 cm³/mol. The Morgan fingerprint density at radius 1 is 1.58 bits per heavy atom. The molecule has 5 heteroatoms. The van der Waals surface area contributed by atoms with Gasteiger partial charge in [-0.05, 0) is 25.8 Å². The van der Waals surface area contributed by atoms with Crippen LogP contribution in [-0.4, -0.2) is 36.2 Å². The molecule has 0 radical (unpaired) electrons. The summed E-state index contributed by atoms with van der Waals surface area (Å²) >= 11 is 0. The van der Waals surface area contributed by atoms with Crippen LogP contribution in [0.15, 0.2) is 18.5 Å². The van der Waals surface area contributed by atoms with Crippen molar-refractivity contribution in [3.63, 3.8) is 0 Å². The number of amides is 1. The minimum atomic E-state index is -0.0663. The van der Waals surface area contributed by atoms with E-state index < -0.39 is 0 Å². The van der Waals surface area contributed by atoms with Gasteiger partial charge < -0.3 is 15.4 Å². The topological polar surface area (TPSA) is 63.2 Å². The first kappa shape index (κ1) is 13.8. The van der Waals surface area contributed by atoms with Crippen LogP contribution in [0, 0.1) is 0 Å². The van der Waals surface area contributed by atoms with Crippen molar-refractivity contribution < 1.29 is 9.53 Å². The minimum absolute atomic E-state index is 0.0663. The molecule has 2 heterocycles. The zero-order valence-corrected chi connectivity index (χ0v) is 11.5. The number of nitrogens with one attached hydrogen (secondary N) is 2. The summed E-state index contributed by atoms with van der Waals surface area (Å²) in [6.45, 7) is 5.61. The maximum atomic E-state index is 12.3. The van der Waals surface area contributed by atoms with E-state index in [0.717, 1.165) is 25.1 Å². The summed E-state index contributed by atoms with van der Waals surface area (Å²) < 4.78 is 5.45. The van der Waals surface area contributed by atoms with Crippen LogP contribution in [0.1, 0.15) is 37.0 Å². The third kappa shape index (κ3) is 3.44. The van der Waals surface area contributed by atoms with Gasteiger partial charge in [-0.25, -0.2) is 0 Å². The van der Waals surface area contributed by atoms with Crippen molar-refractivity contribution in [3.05, 3.63) is 24.0 Å². The van der Waals surface area contributed by atoms with Gasteiger partial charge in [0, 0.05) is 19.3 Å². The summed E-state index contributed by atoms with van der Waals surface area (Å²) in [4.78, 5) is 16.4. The van der Waals surface area contributed by atoms with Crippen LogP contribution in [0.4, 0.5) is 5.69 Å². The summed E-state index contributed by atoms with van der Waals surface area (Å²) in [5.41, 5.74) is 1.43. The Bertz CT molecular complexity index is 436. The molecule has 1 aromatic rings. The number of nitrogens with zero attached hydrogens (tertiary/aromatic N) is 1. The summed E-state index contributed by atoms with van der Waals surface area (Å²) in [5, 5.41) is 6.26. The van der Waals surface area contributed by atoms with Crippen LogP contribution in [0.3, 0.4) is 0 Å². The maximum Gasteiger partial charge on any atom is 0.253 e. The number of carbonyl (C=O) groups excluding carboxylic acids is 1. The monoisotopic (exact) mass is 263 g/mol. The van der Waals surface area contributed by atoms with Gasteiger partial charge in [0.15, 0.2) is 0 Å². The fourth-order valence-corrected chi connectivity index (χ4v) is 2.16. The Hall–Kier alpha value is -1.62. The maximum absolute atomic E-state index is 12.3. The molecule has 0 spiro atoms. The largest absolute Gasteiger partial charge is 0.383 e. The summed E-state index contributed by atoms with van der Waals surface area (Å²) in [6, 6.07) is 1.84. The van der Waals surface area contributed by atoms with E-state index in [1.54, 1.807) is 18.5 Å². The molecule has 1 aromatic heterocycles. The Kier molecular flexibility index (Phi) is 4.74. The quantitative estimate of drug-likeness (QED) is 0.850. The first-order chi connectivity index (χ1) is 9.22. The predicted octanol–water partition coefficient (Wildman–Crippen LogP) is 1.81. The van der Waals surface area contributed by atoms with Crippen LogP contribution < -0.4 is 10.6 Å². The second-order valence-corrected chi connectivity index (χ2v) is 4.79. The van der Waals surface area contributed by atoms with E-state index in [0.29, 0.717) is 12.2 Å². The highest BCUT2D eigenvalue weighted by Crippen LogP contribution is 2.17. The summed E-state index contributed by atoms with van der Waals surface area (Å²) in [7, 11) is 0. The Balaban J connectivity index is 2.05. The molecule has 0 bridgehead atoms. The molecule has 1 amide bonds. The number of anilines is 1. The van der Waals surface area contributed by atoms with Gasteiger partial charge in [-0.2, -0.15) is 0 Å². The molecule has 1 fully saturated rings. The fourth-order valence-electron chi connectivity index (χ4n) is 2.16. The van der Waals surface area contributed by atoms with Crippen molar-refractivity contribution in [1.82, 2.24) is 10.3 Å². The highest BCUT2D eigenvalue weighted by atomic mass is 16.5. The van der Waals surface area contributed by atoms with E-state index in [1.165, 1.54) is 0 Å². The molecule has 19 heavy (non-hydrogen) atoms. The Morgan fingerprint density at radius 3 is 3.11 bits per heavy atom. The van der Waals surface area contributed by atoms with Gasteiger partial charge in [-0.1, -0.05) is 6.92 Å². The van der Waals surface area contributed by atoms with Crippen molar-refractivity contribution in [1.29, 1.82) is 0 Å². The first-order valence-corrected chi connectivity index (χ1v) is 6.82. The zero-order chi connectivity index (χ0) is 13.7. The Morgan fingerprint density at radius 2 is 2.42 bits per heavy atom. The molecule has 1 aliphatic heterocycles. The molecular weight excluding hydrogens is 242 g/mol. The van der Waals surface area contributed by atoms with Gasteiger partial charge in [0.25, 0.3) is 5.91 Å². The second kappa shape index (κ2) is 6.52. The van der Waals surface area contributed by atoms with Crippen molar-refractivity contribution in [2.75, 3.05) is 18.5 Å². The lowest BCUT2D eigenvalue weighted by molar-refractivity contribution is 0.0867. The van der Waals surface area contributed by atoms with Crippen molar-refractivity contribution in [2.24, 2.45) is 0 Å². The number of ether oxygens (including phenoxy) is 1. The average molecular weight is 263 g/mol. The summed E-state index contributed by atoms with van der Waals surface area (Å²) in [6.07, 6.45) is 5.29. The smallest absolute Gasteiger partial charge is 0.253 e. The normalized spacial score (nSPS) is 22.2. The number of carbonyl (C=O) groups is 1. The lowest BCUT2D eigenvalue weighted by Gasteiger charge is -2.17. The van der Waals surface area contributed by atoms with Gasteiger partial charge in [-0.15, -0.1) is 0 Å². The first-order valence-electron chi connectivity index (χ1n) is 6.82. The molecule has 2 rings (SSSR count). The SMILES string of the molecule is CCCNc1cnccc1C(=O)NC1CCOC1C. The van der Waals surface area contributed by atoms with E-state index >= 15 is 0 Å². The van der Waals surface area contributed by atoms with Crippen LogP contribution in [0.5, 0.6) is 0 Å². The van der Waals surface area contributed by atoms with E-state index in [2.05, 4.69) is 22.5 Å². The van der Waals surface area contributed by atoms with E-state index in [4.69, 9.17) is 4.74 Å². The van der Waals surface area contributed by atoms with Crippen LogP contribution >= 0.6 is 0 Å². The van der Waals surface area contributed by atoms with Gasteiger partial charge in [0.2, 0.25) is 0 Å². The molecular formula is C14H21N3O2. The van der Waals surface area contributed by atoms with Crippen LogP contribution in [0.2, 0.25) is 0 Å². The summed E-state index contributed by atoms with van der Waals surface area (Å²) in [5.74, 6) is -0.0663. The molecule has 1 aliphatic rings. The van der Waals surface area contributed by atoms with E-state index in [-0.39, 0.29) is 18.1 Å². The highest BCUT2D eigenvalue weighted by molar-refractivity contribution is 5.99. The van der Waals surface area contributed by atoms with E-state index in [1.807, 2.05) is 6.92 Å². The highest BCUT2D eigenvalue weighted by Gasteiger charge is 2.26. The minimum Gasteiger partial charge on any atom is -0.383 e. The number of hydrogen-bond acceptors (Lipinski definition) is 4. The van der Waals surface area contributed by atoms with Gasteiger partial charge in [0.05, 0.1) is 29.6 Å². The van der Waals surface area contributed by atoms with E-state index in [9.17, 15) is 4.79 Å². The molecule has 104 valence electrons. The molecule has 0 aliphatic carbocycles. The van der Waals surface area contributed by atoms with Crippen LogP contribution in [-0.2, 0) is 4.74 Å². The van der Waals surface area contributed by atoms with Crippen LogP contribution in [0.25, 0.3) is 0 Å². The Labute approximate surface area is 113 Å². The standard InChI is InChI=1S/C14H21N3O2/c1-3-6-16-13-9-15-7-4-11(13)14(18)17-12-5-8-19-10(12)2/h4,7,9-10,12,16H,3,5-6,8H2,1-2H3,(H,17,18). The van der Waals surface area contributed by atoms with Gasteiger partial charge in [0.1, 0.15) is 0 Å². The van der Waals surface area contributed by atoms with Crippen molar-refractivity contribution in [3.8, 4) is 0 Å². The number of aromatic nitrogens is 1. The third-order valence-electron chi connectivity index (χ3n) is 3.32. The average Bonchev–Trinajstić information content (AvgIpc) is 2.82.